The van der Waals surface area contributed by atoms with Crippen molar-refractivity contribution in [1.29, 1.82) is 0 Å². The average Bonchev–Trinajstić information content (AvgIpc) is 3.38. The number of rotatable bonds is 8. The van der Waals surface area contributed by atoms with Crippen molar-refractivity contribution in [3.05, 3.63) is 47.5 Å². The number of halogens is 2. The number of carbonyl (C=O) groups excluding carboxylic acids is 1. The molecule has 3 aromatic rings. The lowest BCUT2D eigenvalue weighted by molar-refractivity contribution is -0.122. The summed E-state index contributed by atoms with van der Waals surface area (Å²) in [6, 6.07) is 2.93. The molecule has 0 spiro atoms. The van der Waals surface area contributed by atoms with Crippen molar-refractivity contribution in [3.8, 4) is 11.6 Å². The van der Waals surface area contributed by atoms with Crippen LogP contribution in [0.4, 0.5) is 20.4 Å². The van der Waals surface area contributed by atoms with Crippen molar-refractivity contribution in [2.45, 2.75) is 31.4 Å². The fourth-order valence-electron chi connectivity index (χ4n) is 3.83. The minimum Gasteiger partial charge on any atom is -0.479 e. The summed E-state index contributed by atoms with van der Waals surface area (Å²) in [5.41, 5.74) is 0.298. The molecule has 12 nitrogen and oxygen atoms in total. The quantitative estimate of drug-likeness (QED) is 0.494. The van der Waals surface area contributed by atoms with Crippen molar-refractivity contribution >= 4 is 17.5 Å². The largest absolute Gasteiger partial charge is 0.479 e. The van der Waals surface area contributed by atoms with E-state index in [0.717, 1.165) is 6.92 Å². The molecule has 0 unspecified atom stereocenters. The second-order valence-corrected chi connectivity index (χ2v) is 8.44. The molecule has 2 fully saturated rings. The van der Waals surface area contributed by atoms with Gasteiger partial charge in [-0.05, 0) is 6.07 Å². The Labute approximate surface area is 197 Å². The highest BCUT2D eigenvalue weighted by atomic mass is 19.3. The molecule has 14 heteroatoms. The number of pyridine rings is 1. The maximum Gasteiger partial charge on any atom is 0.343 e. The van der Waals surface area contributed by atoms with E-state index >= 15 is 0 Å². The number of carbonyl (C=O) groups is 1. The first-order valence-electron chi connectivity index (χ1n) is 10.9. The fourth-order valence-corrected chi connectivity index (χ4v) is 3.83. The van der Waals surface area contributed by atoms with Crippen LogP contribution in [0.3, 0.4) is 0 Å². The molecule has 0 aromatic carbocycles. The van der Waals surface area contributed by atoms with Gasteiger partial charge >= 0.3 is 5.69 Å². The molecule has 5 rings (SSSR count). The number of nitrogens with one attached hydrogen (secondary N) is 1. The van der Waals surface area contributed by atoms with E-state index in [0.29, 0.717) is 43.4 Å². The van der Waals surface area contributed by atoms with Gasteiger partial charge in [0, 0.05) is 39.0 Å². The molecule has 5 heterocycles. The van der Waals surface area contributed by atoms with Crippen LogP contribution in [0, 0.1) is 0 Å². The number of alkyl halides is 2. The summed E-state index contributed by atoms with van der Waals surface area (Å²) in [4.78, 5) is 40.6. The van der Waals surface area contributed by atoms with Gasteiger partial charge in [0.05, 0.1) is 30.3 Å². The minimum atomic E-state index is -2.96. The lowest BCUT2D eigenvalue weighted by Crippen LogP contribution is -2.50. The molecule has 0 bridgehead atoms. The predicted molar refractivity (Wildman–Crippen MR) is 118 cm³/mol. The van der Waals surface area contributed by atoms with Gasteiger partial charge in [0.2, 0.25) is 11.8 Å². The monoisotopic (exact) mass is 488 g/mol. The molecule has 2 aliphatic heterocycles. The molecule has 1 N–H and O–H groups in total. The first kappa shape index (κ1) is 22.7. The SMILES string of the molecule is CC(F)(F)COc1ccc(O[C@@H]2CCN(c3cnc(N4CC(n5cn[nH]c5=O)C4)nc3)C2=O)cn1. The number of aromatic nitrogens is 6. The number of ether oxygens (including phenoxy) is 2. The second kappa shape index (κ2) is 8.92. The average molecular weight is 488 g/mol. The zero-order valence-corrected chi connectivity index (χ0v) is 18.7. The summed E-state index contributed by atoms with van der Waals surface area (Å²) >= 11 is 0. The van der Waals surface area contributed by atoms with Gasteiger partial charge in [0.1, 0.15) is 12.1 Å². The molecule has 0 radical (unpaired) electrons. The third-order valence-electron chi connectivity index (χ3n) is 5.67. The van der Waals surface area contributed by atoms with Crippen molar-refractivity contribution in [2.24, 2.45) is 0 Å². The van der Waals surface area contributed by atoms with Gasteiger partial charge in [-0.1, -0.05) is 0 Å². The molecule has 1 atom stereocenters. The van der Waals surface area contributed by atoms with Gasteiger partial charge in [-0.25, -0.2) is 33.6 Å². The molecule has 2 saturated heterocycles. The van der Waals surface area contributed by atoms with E-state index in [1.165, 1.54) is 29.2 Å². The first-order chi connectivity index (χ1) is 16.8. The van der Waals surface area contributed by atoms with Crippen LogP contribution >= 0.6 is 0 Å². The summed E-state index contributed by atoms with van der Waals surface area (Å²) in [6.45, 7) is 1.57. The third-order valence-corrected chi connectivity index (χ3v) is 5.67. The van der Waals surface area contributed by atoms with E-state index in [-0.39, 0.29) is 23.5 Å². The lowest BCUT2D eigenvalue weighted by atomic mass is 10.1. The number of aromatic amines is 1. The summed E-state index contributed by atoms with van der Waals surface area (Å²) in [7, 11) is 0. The van der Waals surface area contributed by atoms with E-state index < -0.39 is 18.6 Å². The highest BCUT2D eigenvalue weighted by molar-refractivity contribution is 5.98. The number of anilines is 2. The summed E-state index contributed by atoms with van der Waals surface area (Å²) in [6.07, 6.45) is 5.70. The third kappa shape index (κ3) is 4.90. The summed E-state index contributed by atoms with van der Waals surface area (Å²) in [5.74, 6) is -2.32. The standard InChI is InChI=1S/C21H22F2N8O4/c1-21(22,23)11-34-17-3-2-15(8-24-17)35-16-4-5-30(18(16)32)13-6-25-19(26-7-13)29-9-14(10-29)31-12-27-28-20(31)33/h2-3,6-8,12,14,16H,4-5,9-11H2,1H3,(H,28,33)/t16-/m1/s1. The van der Waals surface area contributed by atoms with Crippen LogP contribution in [0.5, 0.6) is 11.6 Å². The van der Waals surface area contributed by atoms with Crippen molar-refractivity contribution in [3.63, 3.8) is 0 Å². The predicted octanol–water partition coefficient (Wildman–Crippen LogP) is 1.04. The Bertz CT molecular complexity index is 1240. The Morgan fingerprint density at radius 3 is 2.54 bits per heavy atom. The molecule has 35 heavy (non-hydrogen) atoms. The smallest absolute Gasteiger partial charge is 0.343 e. The van der Waals surface area contributed by atoms with Crippen LogP contribution in [0.15, 0.2) is 41.8 Å². The Morgan fingerprint density at radius 2 is 1.91 bits per heavy atom. The van der Waals surface area contributed by atoms with Gasteiger partial charge in [0.15, 0.2) is 12.7 Å². The number of hydrogen-bond acceptors (Lipinski definition) is 9. The molecule has 3 aromatic heterocycles. The molecular weight excluding hydrogens is 466 g/mol. The van der Waals surface area contributed by atoms with E-state index in [4.69, 9.17) is 9.47 Å². The van der Waals surface area contributed by atoms with Crippen LogP contribution in [-0.4, -0.2) is 73.9 Å². The molecule has 184 valence electrons. The highest BCUT2D eigenvalue weighted by Gasteiger charge is 2.36. The maximum absolute atomic E-state index is 12.9. The van der Waals surface area contributed by atoms with Gasteiger partial charge in [-0.3, -0.25) is 9.36 Å². The Hall–Kier alpha value is -4.10. The number of nitrogens with zero attached hydrogens (tertiary/aromatic N) is 7. The maximum atomic E-state index is 12.9. The van der Waals surface area contributed by atoms with Crippen molar-refractivity contribution in [1.82, 2.24) is 29.7 Å². The van der Waals surface area contributed by atoms with Crippen LogP contribution < -0.4 is 25.0 Å². The van der Waals surface area contributed by atoms with E-state index in [1.807, 2.05) is 4.90 Å². The molecule has 0 aliphatic carbocycles. The lowest BCUT2D eigenvalue weighted by Gasteiger charge is -2.39. The second-order valence-electron chi connectivity index (χ2n) is 8.44. The van der Waals surface area contributed by atoms with Crippen molar-refractivity contribution in [2.75, 3.05) is 36.0 Å². The van der Waals surface area contributed by atoms with E-state index in [2.05, 4.69) is 25.1 Å². The van der Waals surface area contributed by atoms with Crippen LogP contribution in [-0.2, 0) is 4.79 Å². The normalized spacial score (nSPS) is 18.6. The zero-order valence-electron chi connectivity index (χ0n) is 18.7. The Kier molecular flexibility index (Phi) is 5.78. The molecule has 1 amide bonds. The summed E-state index contributed by atoms with van der Waals surface area (Å²) in [5, 5.41) is 6.10. The van der Waals surface area contributed by atoms with Crippen LogP contribution in [0.25, 0.3) is 0 Å². The topological polar surface area (TPSA) is 131 Å². The molecule has 2 aliphatic rings. The van der Waals surface area contributed by atoms with Gasteiger partial charge in [-0.2, -0.15) is 5.10 Å². The van der Waals surface area contributed by atoms with Gasteiger partial charge in [-0.15, -0.1) is 0 Å². The molecule has 0 saturated carbocycles. The zero-order chi connectivity index (χ0) is 24.6. The first-order valence-corrected chi connectivity index (χ1v) is 10.9. The Balaban J connectivity index is 1.15. The number of hydrogen-bond donors (Lipinski definition) is 1. The summed E-state index contributed by atoms with van der Waals surface area (Å²) < 4.78 is 38.0. The van der Waals surface area contributed by atoms with E-state index in [9.17, 15) is 18.4 Å². The van der Waals surface area contributed by atoms with Crippen molar-refractivity contribution < 1.29 is 23.0 Å². The van der Waals surface area contributed by atoms with Crippen LogP contribution in [0.1, 0.15) is 19.4 Å². The highest BCUT2D eigenvalue weighted by Crippen LogP contribution is 2.27. The number of H-pyrrole nitrogens is 1. The van der Waals surface area contributed by atoms with Gasteiger partial charge < -0.3 is 19.3 Å². The Morgan fingerprint density at radius 1 is 1.14 bits per heavy atom. The van der Waals surface area contributed by atoms with Crippen LogP contribution in [0.2, 0.25) is 0 Å². The molecular formula is C21H22F2N8O4. The van der Waals surface area contributed by atoms with E-state index in [1.54, 1.807) is 17.3 Å². The minimum absolute atomic E-state index is 0.00491. The fraction of sp³-hybridized carbons (Fsp3) is 0.429. The number of amides is 1. The van der Waals surface area contributed by atoms with Gasteiger partial charge in [0.25, 0.3) is 11.8 Å².